The van der Waals surface area contributed by atoms with Gasteiger partial charge in [-0.25, -0.2) is 0 Å². The molecule has 28 heavy (non-hydrogen) atoms. The van der Waals surface area contributed by atoms with E-state index >= 15 is 0 Å². The van der Waals surface area contributed by atoms with Crippen molar-refractivity contribution in [1.29, 1.82) is 0 Å². The molecule has 0 spiro atoms. The quantitative estimate of drug-likeness (QED) is 0.380. The minimum Gasteiger partial charge on any atom is -0.497 e. The smallest absolute Gasteiger partial charge is 0.387 e. The van der Waals surface area contributed by atoms with Crippen molar-refractivity contribution in [3.8, 4) is 11.5 Å². The minimum atomic E-state index is -2.87. The molecule has 1 heterocycles. The second-order valence-corrected chi connectivity index (χ2v) is 6.94. The van der Waals surface area contributed by atoms with Crippen LogP contribution in [0.2, 0.25) is 0 Å². The summed E-state index contributed by atoms with van der Waals surface area (Å²) in [6.45, 7) is 2.75. The topological polar surface area (TPSA) is 58.1 Å². The van der Waals surface area contributed by atoms with Crippen LogP contribution in [-0.4, -0.2) is 57.3 Å². The Morgan fingerprint density at radius 3 is 2.82 bits per heavy atom. The molecule has 1 aliphatic rings. The van der Waals surface area contributed by atoms with Crippen LogP contribution in [0.3, 0.4) is 0 Å². The van der Waals surface area contributed by atoms with Crippen molar-refractivity contribution in [1.82, 2.24) is 15.5 Å². The highest BCUT2D eigenvalue weighted by Crippen LogP contribution is 2.25. The number of halogens is 2. The number of likely N-dealkylation sites (tertiary alicyclic amines) is 1. The summed E-state index contributed by atoms with van der Waals surface area (Å²) < 4.78 is 35.0. The molecule has 0 radical (unpaired) electrons. The summed E-state index contributed by atoms with van der Waals surface area (Å²) in [5.74, 6) is 1.33. The van der Waals surface area contributed by atoms with Crippen molar-refractivity contribution in [3.05, 3.63) is 23.8 Å². The van der Waals surface area contributed by atoms with Gasteiger partial charge in [0.15, 0.2) is 5.96 Å². The van der Waals surface area contributed by atoms with Crippen LogP contribution in [0.1, 0.15) is 38.2 Å². The van der Waals surface area contributed by atoms with E-state index in [1.54, 1.807) is 19.2 Å². The van der Waals surface area contributed by atoms with Crippen molar-refractivity contribution in [3.63, 3.8) is 0 Å². The number of alkyl halides is 2. The number of guanidine groups is 1. The van der Waals surface area contributed by atoms with Crippen LogP contribution in [0.15, 0.2) is 23.2 Å². The molecule has 0 saturated carbocycles. The highest BCUT2D eigenvalue weighted by Gasteiger charge is 2.17. The molecule has 1 fully saturated rings. The number of aliphatic imine (C=N–C) groups is 1. The first-order chi connectivity index (χ1) is 13.5. The molecule has 6 nitrogen and oxygen atoms in total. The summed E-state index contributed by atoms with van der Waals surface area (Å²) in [6, 6.07) is 5.41. The van der Waals surface area contributed by atoms with Gasteiger partial charge in [-0.2, -0.15) is 8.78 Å². The van der Waals surface area contributed by atoms with Gasteiger partial charge in [-0.05, 0) is 50.9 Å². The first-order valence-electron chi connectivity index (χ1n) is 9.83. The number of nitrogens with zero attached hydrogens (tertiary/aromatic N) is 2. The van der Waals surface area contributed by atoms with Gasteiger partial charge >= 0.3 is 6.61 Å². The fourth-order valence-corrected chi connectivity index (χ4v) is 3.41. The molecule has 1 unspecified atom stereocenters. The molecule has 0 bridgehead atoms. The summed E-state index contributed by atoms with van der Waals surface area (Å²) >= 11 is 0. The van der Waals surface area contributed by atoms with Crippen LogP contribution in [-0.2, 0) is 6.54 Å². The van der Waals surface area contributed by atoms with E-state index < -0.39 is 6.61 Å². The number of piperidine rings is 1. The van der Waals surface area contributed by atoms with Crippen LogP contribution in [0.5, 0.6) is 11.5 Å². The molecule has 2 rings (SSSR count). The Kier molecular flexibility index (Phi) is 9.27. The lowest BCUT2D eigenvalue weighted by molar-refractivity contribution is -0.0504. The van der Waals surface area contributed by atoms with Gasteiger partial charge in [-0.15, -0.1) is 0 Å². The highest BCUT2D eigenvalue weighted by atomic mass is 19.3. The van der Waals surface area contributed by atoms with Gasteiger partial charge in [-0.1, -0.05) is 6.42 Å². The maximum absolute atomic E-state index is 12.6. The molecule has 1 saturated heterocycles. The van der Waals surface area contributed by atoms with Crippen molar-refractivity contribution >= 4 is 5.96 Å². The Labute approximate surface area is 166 Å². The monoisotopic (exact) mass is 398 g/mol. The van der Waals surface area contributed by atoms with E-state index in [9.17, 15) is 8.78 Å². The third kappa shape index (κ3) is 7.14. The van der Waals surface area contributed by atoms with Crippen molar-refractivity contribution in [2.75, 3.05) is 33.8 Å². The first kappa shape index (κ1) is 22.2. The largest absolute Gasteiger partial charge is 0.497 e. The molecule has 1 aromatic carbocycles. The molecular formula is C20H32F2N4O2. The van der Waals surface area contributed by atoms with Gasteiger partial charge in [0.2, 0.25) is 0 Å². The Balaban J connectivity index is 1.81. The summed E-state index contributed by atoms with van der Waals surface area (Å²) in [6.07, 6.45) is 4.91. The van der Waals surface area contributed by atoms with E-state index in [4.69, 9.17) is 4.74 Å². The van der Waals surface area contributed by atoms with Crippen molar-refractivity contribution in [2.24, 2.45) is 4.99 Å². The van der Waals surface area contributed by atoms with E-state index in [1.807, 2.05) is 0 Å². The van der Waals surface area contributed by atoms with E-state index in [1.165, 1.54) is 39.0 Å². The zero-order chi connectivity index (χ0) is 20.4. The molecule has 0 aliphatic carbocycles. The second-order valence-electron chi connectivity index (χ2n) is 6.94. The molecule has 2 N–H and O–H groups in total. The zero-order valence-electron chi connectivity index (χ0n) is 17.0. The summed E-state index contributed by atoms with van der Waals surface area (Å²) in [7, 11) is 3.22. The van der Waals surface area contributed by atoms with E-state index in [0.29, 0.717) is 29.9 Å². The number of methoxy groups -OCH3 is 1. The minimum absolute atomic E-state index is 0.123. The predicted molar refractivity (Wildman–Crippen MR) is 107 cm³/mol. The van der Waals surface area contributed by atoms with E-state index in [-0.39, 0.29) is 5.75 Å². The summed E-state index contributed by atoms with van der Waals surface area (Å²) in [5.41, 5.74) is 0.574. The molecule has 0 amide bonds. The average Bonchev–Trinajstić information content (AvgIpc) is 2.69. The lowest BCUT2D eigenvalue weighted by Crippen LogP contribution is -2.41. The fourth-order valence-electron chi connectivity index (χ4n) is 3.41. The summed E-state index contributed by atoms with van der Waals surface area (Å²) in [5, 5.41) is 6.42. The predicted octanol–water partition coefficient (Wildman–Crippen LogP) is 3.23. The van der Waals surface area contributed by atoms with Gasteiger partial charge < -0.3 is 25.0 Å². The Hall–Kier alpha value is -2.09. The Morgan fingerprint density at radius 1 is 1.32 bits per heavy atom. The van der Waals surface area contributed by atoms with Crippen LogP contribution in [0, 0.1) is 0 Å². The molecular weight excluding hydrogens is 366 g/mol. The van der Waals surface area contributed by atoms with Gasteiger partial charge in [-0.3, -0.25) is 4.99 Å². The van der Waals surface area contributed by atoms with E-state index in [0.717, 1.165) is 19.5 Å². The van der Waals surface area contributed by atoms with Crippen LogP contribution in [0.25, 0.3) is 0 Å². The molecule has 1 atom stereocenters. The third-order valence-electron chi connectivity index (χ3n) is 5.01. The molecule has 8 heteroatoms. The van der Waals surface area contributed by atoms with Crippen LogP contribution >= 0.6 is 0 Å². The van der Waals surface area contributed by atoms with Crippen molar-refractivity contribution < 1.29 is 18.3 Å². The van der Waals surface area contributed by atoms with Gasteiger partial charge in [0.05, 0.1) is 7.11 Å². The van der Waals surface area contributed by atoms with Gasteiger partial charge in [0, 0.05) is 38.3 Å². The normalized spacial score (nSPS) is 18.2. The average molecular weight is 398 g/mol. The molecule has 0 aromatic heterocycles. The second kappa shape index (κ2) is 11.7. The Morgan fingerprint density at radius 2 is 2.14 bits per heavy atom. The number of hydrogen-bond acceptors (Lipinski definition) is 4. The molecule has 1 aliphatic heterocycles. The lowest BCUT2D eigenvalue weighted by Gasteiger charge is -2.33. The number of benzene rings is 1. The maximum atomic E-state index is 12.6. The number of nitrogens with one attached hydrogen (secondary N) is 2. The fraction of sp³-hybridized carbons (Fsp3) is 0.650. The van der Waals surface area contributed by atoms with Crippen LogP contribution in [0.4, 0.5) is 8.78 Å². The first-order valence-corrected chi connectivity index (χ1v) is 9.83. The summed E-state index contributed by atoms with van der Waals surface area (Å²) in [4.78, 5) is 6.73. The lowest BCUT2D eigenvalue weighted by atomic mass is 10.0. The Bertz CT molecular complexity index is 628. The van der Waals surface area contributed by atoms with Gasteiger partial charge in [0.25, 0.3) is 0 Å². The number of rotatable bonds is 9. The van der Waals surface area contributed by atoms with Crippen molar-refractivity contribution in [2.45, 2.75) is 51.8 Å². The standard InChI is InChI=1S/C20H32F2N4O2/c1-15-7-4-5-11-26(15)12-6-10-24-20(23-2)25-14-16-13-17(27-3)8-9-18(16)28-19(21)22/h8-9,13,15,19H,4-7,10-12,14H2,1-3H3,(H2,23,24,25). The molecule has 1 aromatic rings. The maximum Gasteiger partial charge on any atom is 0.387 e. The number of ether oxygens (including phenoxy) is 2. The van der Waals surface area contributed by atoms with Gasteiger partial charge in [0.1, 0.15) is 11.5 Å². The van der Waals surface area contributed by atoms with E-state index in [2.05, 4.69) is 32.2 Å². The van der Waals surface area contributed by atoms with Crippen LogP contribution < -0.4 is 20.1 Å². The third-order valence-corrected chi connectivity index (χ3v) is 5.01. The molecule has 158 valence electrons. The number of hydrogen-bond donors (Lipinski definition) is 2. The SMILES string of the molecule is CN=C(NCCCN1CCCCC1C)NCc1cc(OC)ccc1OC(F)F. The highest BCUT2D eigenvalue weighted by molar-refractivity contribution is 5.79. The zero-order valence-corrected chi connectivity index (χ0v) is 17.0.